The normalized spacial score (nSPS) is 13.4. The van der Waals surface area contributed by atoms with E-state index < -0.39 is 0 Å². The molecule has 88 valence electrons. The van der Waals surface area contributed by atoms with E-state index in [9.17, 15) is 0 Å². The van der Waals surface area contributed by atoms with Gasteiger partial charge in [-0.15, -0.1) is 0 Å². The molecule has 0 fully saturated rings. The number of hydrogen-bond acceptors (Lipinski definition) is 3. The average Bonchev–Trinajstić information content (AvgIpc) is 2.84. The Morgan fingerprint density at radius 3 is 2.61 bits per heavy atom. The van der Waals surface area contributed by atoms with Gasteiger partial charge in [0.25, 0.3) is 0 Å². The van der Waals surface area contributed by atoms with Crippen LogP contribution in [0.3, 0.4) is 0 Å². The molecule has 3 nitrogen and oxygen atoms in total. The highest BCUT2D eigenvalue weighted by Gasteiger charge is 2.16. The second-order valence-corrected chi connectivity index (χ2v) is 4.48. The van der Waals surface area contributed by atoms with Gasteiger partial charge in [-0.1, -0.05) is 18.2 Å². The molecular formula is C15H11NO2. The minimum Gasteiger partial charge on any atom is -0.454 e. The quantitative estimate of drug-likeness (QED) is 0.561. The smallest absolute Gasteiger partial charge is 0.231 e. The lowest BCUT2D eigenvalue weighted by molar-refractivity contribution is 0.174. The lowest BCUT2D eigenvalue weighted by atomic mass is 10.0. The van der Waals surface area contributed by atoms with Gasteiger partial charge in [0.1, 0.15) is 0 Å². The first kappa shape index (κ1) is 9.71. The molecule has 0 N–H and O–H groups in total. The standard InChI is InChI=1S/C15H11NO2/c1-9-10-4-2-3-5-12(10)16-13-7-15-14(6-11(9)13)17-8-18-15/h2-7H,8H2,1H3. The Morgan fingerprint density at radius 1 is 0.944 bits per heavy atom. The number of rotatable bonds is 0. The van der Waals surface area contributed by atoms with Gasteiger partial charge < -0.3 is 9.47 Å². The van der Waals surface area contributed by atoms with Crippen LogP contribution in [-0.4, -0.2) is 11.8 Å². The lowest BCUT2D eigenvalue weighted by Crippen LogP contribution is -1.92. The second-order valence-electron chi connectivity index (χ2n) is 4.48. The van der Waals surface area contributed by atoms with Crippen molar-refractivity contribution in [3.63, 3.8) is 0 Å². The van der Waals surface area contributed by atoms with Gasteiger partial charge >= 0.3 is 0 Å². The maximum atomic E-state index is 5.42. The van der Waals surface area contributed by atoms with Crippen molar-refractivity contribution < 1.29 is 9.47 Å². The van der Waals surface area contributed by atoms with Gasteiger partial charge in [0.15, 0.2) is 11.5 Å². The fourth-order valence-electron chi connectivity index (χ4n) is 2.49. The van der Waals surface area contributed by atoms with Gasteiger partial charge in [0.2, 0.25) is 6.79 Å². The molecule has 18 heavy (non-hydrogen) atoms. The van der Waals surface area contributed by atoms with Crippen LogP contribution in [0.2, 0.25) is 0 Å². The number of fused-ring (bicyclic) bond motifs is 3. The SMILES string of the molecule is Cc1c2ccccc2nc2cc3c(cc12)OCO3. The van der Waals surface area contributed by atoms with Crippen LogP contribution in [0.25, 0.3) is 21.8 Å². The molecule has 3 heteroatoms. The fourth-order valence-corrected chi connectivity index (χ4v) is 2.49. The molecule has 4 rings (SSSR count). The molecule has 0 spiro atoms. The van der Waals surface area contributed by atoms with Gasteiger partial charge in [-0.3, -0.25) is 0 Å². The second kappa shape index (κ2) is 3.35. The largest absolute Gasteiger partial charge is 0.454 e. The Kier molecular flexibility index (Phi) is 1.81. The lowest BCUT2D eigenvalue weighted by Gasteiger charge is -2.07. The van der Waals surface area contributed by atoms with Crippen LogP contribution in [0.5, 0.6) is 11.5 Å². The fraction of sp³-hybridized carbons (Fsp3) is 0.133. The van der Waals surface area contributed by atoms with E-state index in [-0.39, 0.29) is 0 Å². The monoisotopic (exact) mass is 237 g/mol. The molecule has 0 saturated heterocycles. The van der Waals surface area contributed by atoms with Gasteiger partial charge in [0, 0.05) is 16.8 Å². The maximum absolute atomic E-state index is 5.42. The predicted molar refractivity (Wildman–Crippen MR) is 70.1 cm³/mol. The van der Waals surface area contributed by atoms with Crippen LogP contribution in [-0.2, 0) is 0 Å². The summed E-state index contributed by atoms with van der Waals surface area (Å²) < 4.78 is 10.8. The minimum atomic E-state index is 0.296. The van der Waals surface area contributed by atoms with E-state index in [2.05, 4.69) is 18.0 Å². The van der Waals surface area contributed by atoms with Crippen molar-refractivity contribution in [3.05, 3.63) is 42.0 Å². The van der Waals surface area contributed by atoms with E-state index in [0.29, 0.717) is 6.79 Å². The third-order valence-electron chi connectivity index (χ3n) is 3.44. The van der Waals surface area contributed by atoms with Gasteiger partial charge in [-0.05, 0) is 24.6 Å². The number of para-hydroxylation sites is 1. The maximum Gasteiger partial charge on any atom is 0.231 e. The van der Waals surface area contributed by atoms with E-state index in [4.69, 9.17) is 9.47 Å². The van der Waals surface area contributed by atoms with Crippen LogP contribution < -0.4 is 9.47 Å². The van der Waals surface area contributed by atoms with Crippen LogP contribution >= 0.6 is 0 Å². The Balaban J connectivity index is 2.18. The number of nitrogens with zero attached hydrogens (tertiary/aromatic N) is 1. The summed E-state index contributed by atoms with van der Waals surface area (Å²) in [7, 11) is 0. The minimum absolute atomic E-state index is 0.296. The highest BCUT2D eigenvalue weighted by Crippen LogP contribution is 2.37. The van der Waals surface area contributed by atoms with Gasteiger partial charge in [0.05, 0.1) is 11.0 Å². The zero-order valence-corrected chi connectivity index (χ0v) is 9.93. The number of aryl methyl sites for hydroxylation is 1. The summed E-state index contributed by atoms with van der Waals surface area (Å²) in [6.07, 6.45) is 0. The summed E-state index contributed by atoms with van der Waals surface area (Å²) in [5.41, 5.74) is 3.20. The molecule has 0 amide bonds. The van der Waals surface area contributed by atoms with E-state index in [1.807, 2.05) is 30.3 Å². The molecule has 0 bridgehead atoms. The Morgan fingerprint density at radius 2 is 1.72 bits per heavy atom. The molecular weight excluding hydrogens is 226 g/mol. The molecule has 1 aliphatic heterocycles. The molecule has 2 aromatic carbocycles. The highest BCUT2D eigenvalue weighted by atomic mass is 16.7. The molecule has 0 unspecified atom stereocenters. The van der Waals surface area contributed by atoms with E-state index in [1.165, 1.54) is 10.9 Å². The third kappa shape index (κ3) is 1.21. The summed E-state index contributed by atoms with van der Waals surface area (Å²) in [5.74, 6) is 1.59. The zero-order chi connectivity index (χ0) is 12.1. The Hall–Kier alpha value is -2.29. The number of pyridine rings is 1. The first-order chi connectivity index (χ1) is 8.83. The summed E-state index contributed by atoms with van der Waals surface area (Å²) in [6, 6.07) is 12.2. The first-order valence-electron chi connectivity index (χ1n) is 5.91. The summed E-state index contributed by atoms with van der Waals surface area (Å²) in [4.78, 5) is 4.68. The van der Waals surface area contributed by atoms with Crippen molar-refractivity contribution in [2.24, 2.45) is 0 Å². The molecule has 1 aliphatic rings. The molecule has 0 aliphatic carbocycles. The Labute approximate surface area is 104 Å². The van der Waals surface area contributed by atoms with E-state index in [1.54, 1.807) is 0 Å². The molecule has 2 heterocycles. The topological polar surface area (TPSA) is 31.4 Å². The van der Waals surface area contributed by atoms with Crippen molar-refractivity contribution in [3.8, 4) is 11.5 Å². The number of ether oxygens (including phenoxy) is 2. The molecule has 0 radical (unpaired) electrons. The Bertz CT molecular complexity index is 780. The average molecular weight is 237 g/mol. The van der Waals surface area contributed by atoms with Crippen molar-refractivity contribution in [2.75, 3.05) is 6.79 Å². The number of aromatic nitrogens is 1. The van der Waals surface area contributed by atoms with E-state index in [0.717, 1.165) is 27.9 Å². The van der Waals surface area contributed by atoms with Crippen LogP contribution in [0.4, 0.5) is 0 Å². The summed E-state index contributed by atoms with van der Waals surface area (Å²) in [6.45, 7) is 2.42. The molecule has 0 atom stereocenters. The van der Waals surface area contributed by atoms with E-state index >= 15 is 0 Å². The first-order valence-corrected chi connectivity index (χ1v) is 5.91. The third-order valence-corrected chi connectivity index (χ3v) is 3.44. The van der Waals surface area contributed by atoms with Crippen LogP contribution in [0, 0.1) is 6.92 Å². The molecule has 1 aromatic heterocycles. The molecule has 0 saturated carbocycles. The van der Waals surface area contributed by atoms with Gasteiger partial charge in [-0.2, -0.15) is 0 Å². The number of benzene rings is 2. The van der Waals surface area contributed by atoms with Crippen LogP contribution in [0.1, 0.15) is 5.56 Å². The number of hydrogen-bond donors (Lipinski definition) is 0. The summed E-state index contributed by atoms with van der Waals surface area (Å²) >= 11 is 0. The van der Waals surface area contributed by atoms with Crippen molar-refractivity contribution >= 4 is 21.8 Å². The predicted octanol–water partition coefficient (Wildman–Crippen LogP) is 3.43. The van der Waals surface area contributed by atoms with Crippen molar-refractivity contribution in [2.45, 2.75) is 6.92 Å². The van der Waals surface area contributed by atoms with Crippen molar-refractivity contribution in [1.29, 1.82) is 0 Å². The van der Waals surface area contributed by atoms with Crippen LogP contribution in [0.15, 0.2) is 36.4 Å². The summed E-state index contributed by atoms with van der Waals surface area (Å²) in [5, 5.41) is 2.31. The zero-order valence-electron chi connectivity index (χ0n) is 9.93. The highest BCUT2D eigenvalue weighted by molar-refractivity contribution is 5.98. The molecule has 3 aromatic rings. The van der Waals surface area contributed by atoms with Crippen molar-refractivity contribution in [1.82, 2.24) is 4.98 Å². The van der Waals surface area contributed by atoms with Gasteiger partial charge in [-0.25, -0.2) is 4.98 Å².